The molecule has 0 bridgehead atoms. The van der Waals surface area contributed by atoms with Gasteiger partial charge >= 0.3 is 0 Å². The number of carbonyl (C=O) groups excluding carboxylic acids is 1. The standard InChI is InChI=1S/C17H22N4O3/c22-17(11-3-1-2-5-18-11)19-6-4-16-20-12-9-14-15(10-13(12)21-16)24-8-7-23-14/h9-11,18H,1-8H2,(H,19,22)(H,20,21)/t11-/m0/s1. The molecule has 2 aliphatic rings. The fourth-order valence-corrected chi connectivity index (χ4v) is 3.22. The molecule has 0 radical (unpaired) electrons. The van der Waals surface area contributed by atoms with Gasteiger partial charge in [0.2, 0.25) is 5.91 Å². The average molecular weight is 330 g/mol. The zero-order valence-corrected chi connectivity index (χ0v) is 13.6. The molecule has 0 unspecified atom stereocenters. The second kappa shape index (κ2) is 6.68. The number of carbonyl (C=O) groups is 1. The number of nitrogens with zero attached hydrogens (tertiary/aromatic N) is 1. The first kappa shape index (κ1) is 15.3. The predicted octanol–water partition coefficient (Wildman–Crippen LogP) is 1.13. The maximum Gasteiger partial charge on any atom is 0.237 e. The number of H-pyrrole nitrogens is 1. The first-order chi connectivity index (χ1) is 11.8. The van der Waals surface area contributed by atoms with Gasteiger partial charge in [-0.2, -0.15) is 0 Å². The van der Waals surface area contributed by atoms with Crippen molar-refractivity contribution in [3.63, 3.8) is 0 Å². The second-order valence-corrected chi connectivity index (χ2v) is 6.24. The van der Waals surface area contributed by atoms with Gasteiger partial charge < -0.3 is 25.1 Å². The summed E-state index contributed by atoms with van der Waals surface area (Å²) in [6.07, 6.45) is 3.85. The normalized spacial score (nSPS) is 20.1. The first-order valence-corrected chi connectivity index (χ1v) is 8.59. The largest absolute Gasteiger partial charge is 0.486 e. The van der Waals surface area contributed by atoms with E-state index >= 15 is 0 Å². The van der Waals surface area contributed by atoms with Crippen molar-refractivity contribution in [3.8, 4) is 11.5 Å². The molecule has 128 valence electrons. The zero-order valence-electron chi connectivity index (χ0n) is 13.6. The number of fused-ring (bicyclic) bond motifs is 2. The average Bonchev–Trinajstić information content (AvgIpc) is 3.01. The number of hydrogen-bond acceptors (Lipinski definition) is 5. The molecule has 7 heteroatoms. The van der Waals surface area contributed by atoms with Crippen molar-refractivity contribution in [2.75, 3.05) is 26.3 Å². The molecule has 24 heavy (non-hydrogen) atoms. The number of aromatic nitrogens is 2. The minimum atomic E-state index is -0.0459. The van der Waals surface area contributed by atoms with Gasteiger partial charge in [-0.15, -0.1) is 0 Å². The van der Waals surface area contributed by atoms with Crippen LogP contribution in [0.25, 0.3) is 11.0 Å². The third-order valence-corrected chi connectivity index (χ3v) is 4.48. The molecule has 1 atom stereocenters. The highest BCUT2D eigenvalue weighted by Crippen LogP contribution is 2.33. The Kier molecular flexibility index (Phi) is 4.25. The first-order valence-electron chi connectivity index (χ1n) is 8.59. The van der Waals surface area contributed by atoms with E-state index in [4.69, 9.17) is 9.47 Å². The van der Waals surface area contributed by atoms with Crippen LogP contribution in [0.2, 0.25) is 0 Å². The van der Waals surface area contributed by atoms with Crippen LogP contribution in [-0.4, -0.2) is 48.2 Å². The molecule has 0 aliphatic carbocycles. The van der Waals surface area contributed by atoms with Gasteiger partial charge in [-0.05, 0) is 19.4 Å². The molecule has 1 saturated heterocycles. The minimum absolute atomic E-state index is 0.0459. The van der Waals surface area contributed by atoms with E-state index in [9.17, 15) is 4.79 Å². The van der Waals surface area contributed by atoms with Gasteiger partial charge in [0.05, 0.1) is 17.1 Å². The number of benzene rings is 1. The van der Waals surface area contributed by atoms with Gasteiger partial charge in [-0.25, -0.2) is 4.98 Å². The molecule has 7 nitrogen and oxygen atoms in total. The van der Waals surface area contributed by atoms with Gasteiger partial charge in [0, 0.05) is 25.1 Å². The van der Waals surface area contributed by atoms with E-state index in [1.54, 1.807) is 0 Å². The highest BCUT2D eigenvalue weighted by atomic mass is 16.6. The second-order valence-electron chi connectivity index (χ2n) is 6.24. The summed E-state index contributed by atoms with van der Waals surface area (Å²) in [5.41, 5.74) is 1.78. The lowest BCUT2D eigenvalue weighted by atomic mass is 10.0. The highest BCUT2D eigenvalue weighted by molar-refractivity contribution is 5.82. The smallest absolute Gasteiger partial charge is 0.237 e. The van der Waals surface area contributed by atoms with Crippen LogP contribution >= 0.6 is 0 Å². The molecule has 2 aliphatic heterocycles. The molecule has 0 saturated carbocycles. The summed E-state index contributed by atoms with van der Waals surface area (Å²) in [6, 6.07) is 3.77. The monoisotopic (exact) mass is 330 g/mol. The van der Waals surface area contributed by atoms with E-state index in [0.717, 1.165) is 54.2 Å². The van der Waals surface area contributed by atoms with Crippen molar-refractivity contribution in [2.24, 2.45) is 0 Å². The Labute approximate surface area is 140 Å². The van der Waals surface area contributed by atoms with Crippen molar-refractivity contribution in [1.82, 2.24) is 20.6 Å². The fourth-order valence-electron chi connectivity index (χ4n) is 3.22. The van der Waals surface area contributed by atoms with E-state index in [1.165, 1.54) is 0 Å². The lowest BCUT2D eigenvalue weighted by molar-refractivity contribution is -0.123. The Bertz CT molecular complexity index is 694. The number of aromatic amines is 1. The Morgan fingerprint density at radius 3 is 2.88 bits per heavy atom. The molecule has 4 rings (SSSR count). The molecule has 3 N–H and O–H groups in total. The van der Waals surface area contributed by atoms with Crippen molar-refractivity contribution in [3.05, 3.63) is 18.0 Å². The molecular formula is C17H22N4O3. The number of imidazole rings is 1. The van der Waals surface area contributed by atoms with E-state index < -0.39 is 0 Å². The van der Waals surface area contributed by atoms with Crippen LogP contribution < -0.4 is 20.1 Å². The molecule has 3 heterocycles. The van der Waals surface area contributed by atoms with Gasteiger partial charge in [0.15, 0.2) is 11.5 Å². The molecule has 1 aromatic carbocycles. The molecule has 1 amide bonds. The van der Waals surface area contributed by atoms with Crippen LogP contribution in [0.3, 0.4) is 0 Å². The molecular weight excluding hydrogens is 308 g/mol. The van der Waals surface area contributed by atoms with Crippen molar-refractivity contribution in [1.29, 1.82) is 0 Å². The summed E-state index contributed by atoms with van der Waals surface area (Å²) in [7, 11) is 0. The van der Waals surface area contributed by atoms with Gasteiger partial charge in [0.1, 0.15) is 19.0 Å². The summed E-state index contributed by atoms with van der Waals surface area (Å²) in [5, 5.41) is 6.25. The maximum atomic E-state index is 12.1. The van der Waals surface area contributed by atoms with Crippen LogP contribution in [0, 0.1) is 0 Å². The fraction of sp³-hybridized carbons (Fsp3) is 0.529. The van der Waals surface area contributed by atoms with Crippen LogP contribution in [0.4, 0.5) is 0 Å². The number of piperidine rings is 1. The quantitative estimate of drug-likeness (QED) is 0.782. The van der Waals surface area contributed by atoms with Crippen molar-refractivity contribution < 1.29 is 14.3 Å². The SMILES string of the molecule is O=C(NCCc1nc2cc3c(cc2[nH]1)OCCO3)[C@@H]1CCCCN1. The summed E-state index contributed by atoms with van der Waals surface area (Å²) >= 11 is 0. The van der Waals surface area contributed by atoms with Crippen molar-refractivity contribution >= 4 is 16.9 Å². The summed E-state index contributed by atoms with van der Waals surface area (Å²) in [4.78, 5) is 20.0. The van der Waals surface area contributed by atoms with Crippen LogP contribution in [0.5, 0.6) is 11.5 Å². The summed E-state index contributed by atoms with van der Waals surface area (Å²) in [5.74, 6) is 2.43. The highest BCUT2D eigenvalue weighted by Gasteiger charge is 2.20. The Balaban J connectivity index is 1.37. The van der Waals surface area contributed by atoms with E-state index in [1.807, 2.05) is 12.1 Å². The van der Waals surface area contributed by atoms with E-state index in [2.05, 4.69) is 20.6 Å². The lowest BCUT2D eigenvalue weighted by Gasteiger charge is -2.22. The van der Waals surface area contributed by atoms with Gasteiger partial charge in [0.25, 0.3) is 0 Å². The van der Waals surface area contributed by atoms with Crippen LogP contribution in [0.1, 0.15) is 25.1 Å². The third-order valence-electron chi connectivity index (χ3n) is 4.48. The number of ether oxygens (including phenoxy) is 2. The minimum Gasteiger partial charge on any atom is -0.486 e. The summed E-state index contributed by atoms with van der Waals surface area (Å²) < 4.78 is 11.2. The number of hydrogen-bond donors (Lipinski definition) is 3. The number of amides is 1. The molecule has 2 aromatic rings. The van der Waals surface area contributed by atoms with Gasteiger partial charge in [-0.1, -0.05) is 6.42 Å². The number of rotatable bonds is 4. The Morgan fingerprint density at radius 1 is 1.25 bits per heavy atom. The Hall–Kier alpha value is -2.28. The predicted molar refractivity (Wildman–Crippen MR) is 89.4 cm³/mol. The third kappa shape index (κ3) is 3.17. The van der Waals surface area contributed by atoms with E-state index in [-0.39, 0.29) is 11.9 Å². The topological polar surface area (TPSA) is 88.3 Å². The van der Waals surface area contributed by atoms with Crippen LogP contribution in [-0.2, 0) is 11.2 Å². The van der Waals surface area contributed by atoms with Crippen LogP contribution in [0.15, 0.2) is 12.1 Å². The lowest BCUT2D eigenvalue weighted by Crippen LogP contribution is -2.47. The van der Waals surface area contributed by atoms with Gasteiger partial charge in [-0.3, -0.25) is 4.79 Å². The number of nitrogens with one attached hydrogen (secondary N) is 3. The molecule has 1 fully saturated rings. The van der Waals surface area contributed by atoms with Crippen molar-refractivity contribution in [2.45, 2.75) is 31.7 Å². The van der Waals surface area contributed by atoms with E-state index in [0.29, 0.717) is 26.2 Å². The molecule has 0 spiro atoms. The molecule has 1 aromatic heterocycles. The zero-order chi connectivity index (χ0) is 16.4. The summed E-state index contributed by atoms with van der Waals surface area (Å²) in [6.45, 7) is 2.64. The maximum absolute atomic E-state index is 12.1. The Morgan fingerprint density at radius 2 is 2.08 bits per heavy atom.